The van der Waals surface area contributed by atoms with Crippen molar-refractivity contribution in [3.05, 3.63) is 53.9 Å². The summed E-state index contributed by atoms with van der Waals surface area (Å²) in [6, 6.07) is 12.5. The van der Waals surface area contributed by atoms with E-state index in [1.165, 1.54) is 0 Å². The standard InChI is InChI=1S/C17H14N6O3/c1-25-12-4-2-3-11(7-12)17-19-13-6-5-10(8-14(13)26-17)16(24)18-9-15-20-22-23-21-15/h2-8H,9H2,1H3,(H,18,24)(H,20,21,22,23). The molecule has 0 atom stereocenters. The quantitative estimate of drug-likeness (QED) is 0.564. The molecule has 0 aliphatic carbocycles. The lowest BCUT2D eigenvalue weighted by atomic mass is 10.2. The number of tetrazole rings is 1. The van der Waals surface area contributed by atoms with Gasteiger partial charge in [-0.25, -0.2) is 4.98 Å². The number of carbonyl (C=O) groups is 1. The summed E-state index contributed by atoms with van der Waals surface area (Å²) in [6.45, 7) is 0.179. The molecule has 130 valence electrons. The minimum Gasteiger partial charge on any atom is -0.497 e. The van der Waals surface area contributed by atoms with Crippen LogP contribution in [-0.2, 0) is 6.54 Å². The smallest absolute Gasteiger partial charge is 0.251 e. The zero-order chi connectivity index (χ0) is 17.9. The number of fused-ring (bicyclic) bond motifs is 1. The van der Waals surface area contributed by atoms with Crippen LogP contribution in [0.4, 0.5) is 0 Å². The highest BCUT2D eigenvalue weighted by Gasteiger charge is 2.13. The number of rotatable bonds is 5. The number of hydrogen-bond acceptors (Lipinski definition) is 7. The number of H-pyrrole nitrogens is 1. The van der Waals surface area contributed by atoms with Gasteiger partial charge in [-0.1, -0.05) is 11.3 Å². The van der Waals surface area contributed by atoms with Gasteiger partial charge in [0.25, 0.3) is 5.91 Å². The number of nitrogens with one attached hydrogen (secondary N) is 2. The summed E-state index contributed by atoms with van der Waals surface area (Å²) in [5, 5.41) is 16.0. The summed E-state index contributed by atoms with van der Waals surface area (Å²) in [4.78, 5) is 16.7. The molecule has 0 saturated heterocycles. The highest BCUT2D eigenvalue weighted by Crippen LogP contribution is 2.27. The van der Waals surface area contributed by atoms with Gasteiger partial charge in [-0.2, -0.15) is 5.21 Å². The predicted molar refractivity (Wildman–Crippen MR) is 91.3 cm³/mol. The summed E-state index contributed by atoms with van der Waals surface area (Å²) >= 11 is 0. The zero-order valence-electron chi connectivity index (χ0n) is 13.8. The number of methoxy groups -OCH3 is 1. The van der Waals surface area contributed by atoms with Gasteiger partial charge in [0, 0.05) is 11.1 Å². The van der Waals surface area contributed by atoms with Crippen LogP contribution in [0.3, 0.4) is 0 Å². The number of aromatic amines is 1. The summed E-state index contributed by atoms with van der Waals surface area (Å²) in [5.41, 5.74) is 2.44. The van der Waals surface area contributed by atoms with Crippen LogP contribution in [0.2, 0.25) is 0 Å². The predicted octanol–water partition coefficient (Wildman–Crippen LogP) is 1.95. The molecule has 0 unspecified atom stereocenters. The fraction of sp³-hybridized carbons (Fsp3) is 0.118. The first-order chi connectivity index (χ1) is 12.7. The largest absolute Gasteiger partial charge is 0.497 e. The van der Waals surface area contributed by atoms with Crippen molar-refractivity contribution in [2.24, 2.45) is 0 Å². The Labute approximate surface area is 147 Å². The Morgan fingerprint density at radius 2 is 2.19 bits per heavy atom. The van der Waals surface area contributed by atoms with Gasteiger partial charge in [-0.15, -0.1) is 10.2 Å². The van der Waals surface area contributed by atoms with Crippen LogP contribution in [-0.4, -0.2) is 38.6 Å². The number of hydrogen-bond donors (Lipinski definition) is 2. The molecule has 2 N–H and O–H groups in total. The number of oxazole rings is 1. The topological polar surface area (TPSA) is 119 Å². The van der Waals surface area contributed by atoms with Gasteiger partial charge in [-0.05, 0) is 36.4 Å². The number of aromatic nitrogens is 5. The van der Waals surface area contributed by atoms with Gasteiger partial charge >= 0.3 is 0 Å². The van der Waals surface area contributed by atoms with Crippen LogP contribution in [0.25, 0.3) is 22.6 Å². The van der Waals surface area contributed by atoms with E-state index in [2.05, 4.69) is 30.9 Å². The highest BCUT2D eigenvalue weighted by atomic mass is 16.5. The van der Waals surface area contributed by atoms with E-state index in [-0.39, 0.29) is 12.5 Å². The second kappa shape index (κ2) is 6.63. The Balaban J connectivity index is 1.58. The van der Waals surface area contributed by atoms with E-state index in [9.17, 15) is 4.79 Å². The van der Waals surface area contributed by atoms with Gasteiger partial charge in [0.1, 0.15) is 11.3 Å². The van der Waals surface area contributed by atoms with Crippen molar-refractivity contribution >= 4 is 17.0 Å². The second-order valence-electron chi connectivity index (χ2n) is 5.44. The number of nitrogens with zero attached hydrogens (tertiary/aromatic N) is 4. The number of carbonyl (C=O) groups excluding carboxylic acids is 1. The maximum absolute atomic E-state index is 12.3. The van der Waals surface area contributed by atoms with Crippen molar-refractivity contribution < 1.29 is 13.9 Å². The van der Waals surface area contributed by atoms with Crippen LogP contribution in [0.15, 0.2) is 46.9 Å². The maximum Gasteiger partial charge on any atom is 0.251 e. The molecule has 9 heteroatoms. The molecule has 4 rings (SSSR count). The van der Waals surface area contributed by atoms with Crippen LogP contribution in [0.5, 0.6) is 5.75 Å². The van der Waals surface area contributed by atoms with E-state index < -0.39 is 0 Å². The Morgan fingerprint density at radius 1 is 1.27 bits per heavy atom. The molecule has 2 aromatic heterocycles. The summed E-state index contributed by atoms with van der Waals surface area (Å²) < 4.78 is 11.0. The van der Waals surface area contributed by atoms with Crippen LogP contribution in [0, 0.1) is 0 Å². The molecule has 0 saturated carbocycles. The van der Waals surface area contributed by atoms with Gasteiger partial charge in [-0.3, -0.25) is 4.79 Å². The Hall–Kier alpha value is -3.75. The summed E-state index contributed by atoms with van der Waals surface area (Å²) in [6.07, 6.45) is 0. The number of benzene rings is 2. The van der Waals surface area contributed by atoms with Crippen LogP contribution >= 0.6 is 0 Å². The Bertz CT molecular complexity index is 1060. The van der Waals surface area contributed by atoms with E-state index in [0.717, 1.165) is 5.56 Å². The molecule has 9 nitrogen and oxygen atoms in total. The number of ether oxygens (including phenoxy) is 1. The van der Waals surface area contributed by atoms with Crippen molar-refractivity contribution in [1.82, 2.24) is 30.9 Å². The summed E-state index contributed by atoms with van der Waals surface area (Å²) in [7, 11) is 1.60. The van der Waals surface area contributed by atoms with Gasteiger partial charge in [0.05, 0.1) is 13.7 Å². The minimum absolute atomic E-state index is 0.179. The third-order valence-electron chi connectivity index (χ3n) is 3.76. The average molecular weight is 350 g/mol. The molecule has 26 heavy (non-hydrogen) atoms. The monoisotopic (exact) mass is 350 g/mol. The third kappa shape index (κ3) is 3.09. The lowest BCUT2D eigenvalue weighted by molar-refractivity contribution is 0.0950. The molecule has 0 aliphatic heterocycles. The Kier molecular flexibility index (Phi) is 4.02. The normalized spacial score (nSPS) is 10.8. The van der Waals surface area contributed by atoms with Crippen molar-refractivity contribution in [2.75, 3.05) is 7.11 Å². The first-order valence-electron chi connectivity index (χ1n) is 7.78. The Morgan fingerprint density at radius 3 is 3.00 bits per heavy atom. The van der Waals surface area contributed by atoms with E-state index in [0.29, 0.717) is 34.1 Å². The maximum atomic E-state index is 12.3. The van der Waals surface area contributed by atoms with Crippen molar-refractivity contribution in [3.63, 3.8) is 0 Å². The molecule has 0 radical (unpaired) electrons. The third-order valence-corrected chi connectivity index (χ3v) is 3.76. The van der Waals surface area contributed by atoms with Crippen LogP contribution in [0.1, 0.15) is 16.2 Å². The molecule has 0 spiro atoms. The highest BCUT2D eigenvalue weighted by molar-refractivity contribution is 5.97. The van der Waals surface area contributed by atoms with Crippen molar-refractivity contribution in [2.45, 2.75) is 6.54 Å². The van der Waals surface area contributed by atoms with E-state index >= 15 is 0 Å². The molecule has 4 aromatic rings. The first kappa shape index (κ1) is 15.8. The zero-order valence-corrected chi connectivity index (χ0v) is 13.8. The minimum atomic E-state index is -0.268. The molecular formula is C17H14N6O3. The first-order valence-corrected chi connectivity index (χ1v) is 7.78. The van der Waals surface area contributed by atoms with Gasteiger partial charge < -0.3 is 14.5 Å². The fourth-order valence-electron chi connectivity index (χ4n) is 2.46. The fourth-order valence-corrected chi connectivity index (χ4v) is 2.46. The lowest BCUT2D eigenvalue weighted by Crippen LogP contribution is -2.23. The molecule has 2 heterocycles. The molecular weight excluding hydrogens is 336 g/mol. The molecule has 2 aromatic carbocycles. The van der Waals surface area contributed by atoms with E-state index in [1.54, 1.807) is 25.3 Å². The molecule has 0 fully saturated rings. The second-order valence-corrected chi connectivity index (χ2v) is 5.44. The van der Waals surface area contributed by atoms with Crippen LogP contribution < -0.4 is 10.1 Å². The van der Waals surface area contributed by atoms with E-state index in [4.69, 9.17) is 9.15 Å². The molecule has 0 bridgehead atoms. The number of amides is 1. The van der Waals surface area contributed by atoms with Crippen molar-refractivity contribution in [1.29, 1.82) is 0 Å². The lowest BCUT2D eigenvalue weighted by Gasteiger charge is -2.01. The molecule has 1 amide bonds. The van der Waals surface area contributed by atoms with E-state index in [1.807, 2.05) is 24.3 Å². The van der Waals surface area contributed by atoms with Gasteiger partial charge in [0.15, 0.2) is 11.4 Å². The average Bonchev–Trinajstić information content (AvgIpc) is 3.35. The molecule has 0 aliphatic rings. The van der Waals surface area contributed by atoms with Crippen molar-refractivity contribution in [3.8, 4) is 17.2 Å². The van der Waals surface area contributed by atoms with Gasteiger partial charge in [0.2, 0.25) is 5.89 Å². The summed E-state index contributed by atoms with van der Waals surface area (Å²) in [5.74, 6) is 1.31. The SMILES string of the molecule is COc1cccc(-c2nc3ccc(C(=O)NCc4nn[nH]n4)cc3o2)c1.